The summed E-state index contributed by atoms with van der Waals surface area (Å²) in [6.45, 7) is 3.16. The molecule has 0 unspecified atom stereocenters. The molecule has 0 saturated heterocycles. The number of anilines is 2. The lowest BCUT2D eigenvalue weighted by molar-refractivity contribution is 0.668. The second kappa shape index (κ2) is 13.4. The molecule has 0 saturated carbocycles. The Kier molecular flexibility index (Phi) is 9.49. The fourth-order valence-electron chi connectivity index (χ4n) is 4.12. The molecule has 37 heavy (non-hydrogen) atoms. The number of unbranched alkanes of at least 4 members (excludes halogenated alkanes) is 3. The molecule has 3 nitrogen and oxygen atoms in total. The molecule has 0 aliphatic heterocycles. The van der Waals surface area contributed by atoms with Crippen molar-refractivity contribution in [3.8, 4) is 12.1 Å². The molecule has 0 spiro atoms. The number of allylic oxidation sites excluding steroid dienone is 2. The Morgan fingerprint density at radius 1 is 0.703 bits per heavy atom. The molecule has 0 aliphatic carbocycles. The third kappa shape index (κ3) is 7.08. The lowest BCUT2D eigenvalue weighted by atomic mass is 10.1. The number of hydrogen-bond acceptors (Lipinski definition) is 5. The Balaban J connectivity index is 1.57. The number of thiophene rings is 2. The van der Waals surface area contributed by atoms with Gasteiger partial charge in [0.25, 0.3) is 0 Å². The van der Waals surface area contributed by atoms with Gasteiger partial charge in [0, 0.05) is 27.7 Å². The highest BCUT2D eigenvalue weighted by atomic mass is 32.1. The summed E-state index contributed by atoms with van der Waals surface area (Å²) in [5.41, 5.74) is 5.64. The van der Waals surface area contributed by atoms with Crippen LogP contribution in [0.15, 0.2) is 83.6 Å². The van der Waals surface area contributed by atoms with Crippen molar-refractivity contribution in [2.24, 2.45) is 0 Å². The van der Waals surface area contributed by atoms with Crippen molar-refractivity contribution in [3.63, 3.8) is 0 Å². The average Bonchev–Trinajstić information content (AvgIpc) is 3.67. The van der Waals surface area contributed by atoms with Crippen LogP contribution in [0.1, 0.15) is 53.5 Å². The van der Waals surface area contributed by atoms with E-state index in [1.165, 1.54) is 19.3 Å². The lowest BCUT2D eigenvalue weighted by Crippen LogP contribution is -2.18. The van der Waals surface area contributed by atoms with Crippen molar-refractivity contribution in [1.29, 1.82) is 10.5 Å². The van der Waals surface area contributed by atoms with Gasteiger partial charge >= 0.3 is 0 Å². The van der Waals surface area contributed by atoms with Crippen LogP contribution in [0.3, 0.4) is 0 Å². The predicted octanol–water partition coefficient (Wildman–Crippen LogP) is 9.66. The van der Waals surface area contributed by atoms with Gasteiger partial charge in [0.05, 0.1) is 11.1 Å². The van der Waals surface area contributed by atoms with Crippen LogP contribution in [0.2, 0.25) is 0 Å². The quantitative estimate of drug-likeness (QED) is 0.146. The summed E-state index contributed by atoms with van der Waals surface area (Å²) in [5, 5.41) is 23.2. The van der Waals surface area contributed by atoms with Gasteiger partial charge < -0.3 is 4.90 Å². The van der Waals surface area contributed by atoms with Gasteiger partial charge in [-0.2, -0.15) is 10.5 Å². The zero-order valence-electron chi connectivity index (χ0n) is 20.9. The second-order valence-electron chi connectivity index (χ2n) is 8.69. The van der Waals surface area contributed by atoms with E-state index in [1.54, 1.807) is 22.7 Å². The molecule has 0 N–H and O–H groups in total. The highest BCUT2D eigenvalue weighted by molar-refractivity contribution is 7.11. The van der Waals surface area contributed by atoms with E-state index in [4.69, 9.17) is 0 Å². The minimum absolute atomic E-state index is 0.683. The summed E-state index contributed by atoms with van der Waals surface area (Å²) in [6.07, 6.45) is 8.66. The van der Waals surface area contributed by atoms with E-state index in [2.05, 4.69) is 72.5 Å². The fraction of sp³-hybridized carbons (Fsp3) is 0.188. The standard InChI is InChI=1S/C32H29N3S2/c1-2-3-4-5-18-35(29-14-10-25(11-15-29)21-27(23-33)31-8-6-19-36-31)30-16-12-26(13-17-30)22-28(24-34)32-9-7-20-37-32/h6-17,19-22H,2-5,18H2,1H3/b27-21+,28-22+. The van der Waals surface area contributed by atoms with Crippen LogP contribution in [-0.4, -0.2) is 6.54 Å². The van der Waals surface area contributed by atoms with Crippen LogP contribution < -0.4 is 4.90 Å². The fourth-order valence-corrected chi connectivity index (χ4v) is 5.50. The first kappa shape index (κ1) is 26.2. The molecule has 4 rings (SSSR count). The zero-order chi connectivity index (χ0) is 25.9. The van der Waals surface area contributed by atoms with E-state index in [1.807, 2.05) is 47.2 Å². The van der Waals surface area contributed by atoms with E-state index >= 15 is 0 Å². The Labute approximate surface area is 227 Å². The summed E-state index contributed by atoms with van der Waals surface area (Å²) in [7, 11) is 0. The number of hydrogen-bond donors (Lipinski definition) is 0. The van der Waals surface area contributed by atoms with Crippen LogP contribution in [-0.2, 0) is 0 Å². The third-order valence-corrected chi connectivity index (χ3v) is 7.89. The smallest absolute Gasteiger partial charge is 0.101 e. The Morgan fingerprint density at radius 2 is 1.19 bits per heavy atom. The molecule has 5 heteroatoms. The SMILES string of the molecule is CCCCCCN(c1ccc(/C=C(\C#N)c2cccs2)cc1)c1ccc(/C=C(\C#N)c2cccs2)cc1. The monoisotopic (exact) mass is 519 g/mol. The van der Waals surface area contributed by atoms with Crippen molar-refractivity contribution in [1.82, 2.24) is 0 Å². The highest BCUT2D eigenvalue weighted by Gasteiger charge is 2.10. The molecule has 2 heterocycles. The molecule has 0 amide bonds. The van der Waals surface area contributed by atoms with E-state index in [0.29, 0.717) is 11.1 Å². The topological polar surface area (TPSA) is 50.8 Å². The average molecular weight is 520 g/mol. The van der Waals surface area contributed by atoms with Gasteiger partial charge in [-0.05, 0) is 76.9 Å². The Hall–Kier alpha value is -3.90. The molecular formula is C32H29N3S2. The van der Waals surface area contributed by atoms with Gasteiger partial charge in [0.15, 0.2) is 0 Å². The summed E-state index contributed by atoms with van der Waals surface area (Å²) in [6, 6.07) is 29.4. The number of rotatable bonds is 11. The first-order valence-corrected chi connectivity index (χ1v) is 14.3. The van der Waals surface area contributed by atoms with Crippen molar-refractivity contribution in [2.75, 3.05) is 11.4 Å². The summed E-state index contributed by atoms with van der Waals surface area (Å²) in [4.78, 5) is 4.32. The molecule has 184 valence electrons. The van der Waals surface area contributed by atoms with Gasteiger partial charge in [-0.3, -0.25) is 0 Å². The predicted molar refractivity (Wildman–Crippen MR) is 160 cm³/mol. The second-order valence-corrected chi connectivity index (χ2v) is 10.6. The largest absolute Gasteiger partial charge is 0.341 e. The van der Waals surface area contributed by atoms with Gasteiger partial charge in [0.1, 0.15) is 12.1 Å². The maximum absolute atomic E-state index is 9.60. The number of nitriles is 2. The molecule has 0 atom stereocenters. The van der Waals surface area contributed by atoms with Crippen molar-refractivity contribution in [2.45, 2.75) is 32.6 Å². The van der Waals surface area contributed by atoms with E-state index < -0.39 is 0 Å². The number of nitrogens with zero attached hydrogens (tertiary/aromatic N) is 3. The van der Waals surface area contributed by atoms with Gasteiger partial charge in [-0.15, -0.1) is 22.7 Å². The number of benzene rings is 2. The summed E-state index contributed by atoms with van der Waals surface area (Å²) < 4.78 is 0. The molecule has 0 aliphatic rings. The van der Waals surface area contributed by atoms with Crippen LogP contribution in [0, 0.1) is 22.7 Å². The summed E-state index contributed by atoms with van der Waals surface area (Å²) in [5.74, 6) is 0. The maximum atomic E-state index is 9.60. The summed E-state index contributed by atoms with van der Waals surface area (Å²) >= 11 is 3.16. The van der Waals surface area contributed by atoms with Crippen LogP contribution in [0.25, 0.3) is 23.3 Å². The third-order valence-electron chi connectivity index (χ3n) is 6.08. The highest BCUT2D eigenvalue weighted by Crippen LogP contribution is 2.29. The Bertz CT molecular complexity index is 1290. The van der Waals surface area contributed by atoms with Crippen LogP contribution in [0.5, 0.6) is 0 Å². The zero-order valence-corrected chi connectivity index (χ0v) is 22.6. The van der Waals surface area contributed by atoms with E-state index in [0.717, 1.165) is 45.2 Å². The molecule has 0 fully saturated rings. The maximum Gasteiger partial charge on any atom is 0.101 e. The first-order chi connectivity index (χ1) is 18.2. The lowest BCUT2D eigenvalue weighted by Gasteiger charge is -2.25. The Morgan fingerprint density at radius 3 is 1.57 bits per heavy atom. The minimum Gasteiger partial charge on any atom is -0.341 e. The van der Waals surface area contributed by atoms with Crippen LogP contribution >= 0.6 is 22.7 Å². The van der Waals surface area contributed by atoms with E-state index in [9.17, 15) is 10.5 Å². The van der Waals surface area contributed by atoms with Gasteiger partial charge in [-0.1, -0.05) is 62.6 Å². The van der Waals surface area contributed by atoms with Crippen molar-refractivity contribution in [3.05, 3.63) is 104 Å². The normalized spacial score (nSPS) is 11.6. The molecule has 0 radical (unpaired) electrons. The molecule has 0 bridgehead atoms. The van der Waals surface area contributed by atoms with E-state index in [-0.39, 0.29) is 0 Å². The van der Waals surface area contributed by atoms with Crippen molar-refractivity contribution >= 4 is 57.3 Å². The van der Waals surface area contributed by atoms with Crippen molar-refractivity contribution < 1.29 is 0 Å². The first-order valence-electron chi connectivity index (χ1n) is 12.5. The minimum atomic E-state index is 0.683. The van der Waals surface area contributed by atoms with Gasteiger partial charge in [-0.25, -0.2) is 0 Å². The van der Waals surface area contributed by atoms with Gasteiger partial charge in [0.2, 0.25) is 0 Å². The molecule has 4 aromatic rings. The van der Waals surface area contributed by atoms with Crippen LogP contribution in [0.4, 0.5) is 11.4 Å². The molecule has 2 aromatic carbocycles. The molecular weight excluding hydrogens is 491 g/mol. The molecule has 2 aromatic heterocycles.